The lowest BCUT2D eigenvalue weighted by Crippen LogP contribution is -2.44. The fourth-order valence-electron chi connectivity index (χ4n) is 1.78. The Morgan fingerprint density at radius 1 is 1.24 bits per heavy atom. The number of para-hydroxylation sites is 1. The van der Waals surface area contributed by atoms with Crippen molar-refractivity contribution < 1.29 is 18.0 Å². The van der Waals surface area contributed by atoms with E-state index in [1.54, 1.807) is 12.1 Å². The van der Waals surface area contributed by atoms with Crippen LogP contribution in [0, 0.1) is 6.92 Å². The summed E-state index contributed by atoms with van der Waals surface area (Å²) < 4.78 is 22.4. The molecule has 0 aromatic heterocycles. The highest BCUT2D eigenvalue weighted by molar-refractivity contribution is 7.90. The molecule has 2 N–H and O–H groups in total. The highest BCUT2D eigenvalue weighted by Gasteiger charge is 2.21. The fraction of sp³-hybridized carbons (Fsp3) is 0.429. The van der Waals surface area contributed by atoms with Crippen LogP contribution < -0.4 is 10.6 Å². The second-order valence-corrected chi connectivity index (χ2v) is 7.24. The Hall–Kier alpha value is -1.89. The predicted molar refractivity (Wildman–Crippen MR) is 81.7 cm³/mol. The van der Waals surface area contributed by atoms with Gasteiger partial charge in [-0.1, -0.05) is 18.2 Å². The Morgan fingerprint density at radius 2 is 1.86 bits per heavy atom. The van der Waals surface area contributed by atoms with Crippen molar-refractivity contribution in [3.05, 3.63) is 29.8 Å². The second kappa shape index (κ2) is 7.21. The number of nitrogens with one attached hydrogen (secondary N) is 2. The normalized spacial score (nSPS) is 12.5. The maximum atomic E-state index is 12.2. The van der Waals surface area contributed by atoms with Crippen LogP contribution >= 0.6 is 0 Å². The number of carbonyl (C=O) groups excluding carboxylic acids is 2. The molecule has 116 valence electrons. The molecule has 1 atom stereocenters. The third kappa shape index (κ3) is 6.40. The molecule has 0 aliphatic heterocycles. The first-order chi connectivity index (χ1) is 9.69. The molecule has 0 unspecified atom stereocenters. The fourth-order valence-corrected chi connectivity index (χ4v) is 2.44. The molecule has 6 nitrogen and oxygen atoms in total. The van der Waals surface area contributed by atoms with Gasteiger partial charge in [-0.3, -0.25) is 9.59 Å². The molecule has 0 spiro atoms. The van der Waals surface area contributed by atoms with Gasteiger partial charge in [0.15, 0.2) is 0 Å². The van der Waals surface area contributed by atoms with Gasteiger partial charge in [0.25, 0.3) is 0 Å². The van der Waals surface area contributed by atoms with Gasteiger partial charge >= 0.3 is 0 Å². The Balaban J connectivity index is 2.80. The summed E-state index contributed by atoms with van der Waals surface area (Å²) in [5.74, 6) is -0.976. The molecule has 0 aliphatic rings. The average molecular weight is 312 g/mol. The van der Waals surface area contributed by atoms with Crippen molar-refractivity contribution in [2.24, 2.45) is 0 Å². The first-order valence-corrected chi connectivity index (χ1v) is 8.56. The van der Waals surface area contributed by atoms with Gasteiger partial charge in [0, 0.05) is 18.9 Å². The molecule has 0 aliphatic carbocycles. The van der Waals surface area contributed by atoms with Crippen LogP contribution in [-0.4, -0.2) is 38.3 Å². The highest BCUT2D eigenvalue weighted by atomic mass is 32.2. The lowest BCUT2D eigenvalue weighted by molar-refractivity contribution is -0.125. The summed E-state index contributed by atoms with van der Waals surface area (Å²) >= 11 is 0. The highest BCUT2D eigenvalue weighted by Crippen LogP contribution is 2.14. The summed E-state index contributed by atoms with van der Waals surface area (Å²) in [5.41, 5.74) is 1.52. The molecule has 0 saturated carbocycles. The van der Waals surface area contributed by atoms with Crippen molar-refractivity contribution in [3.63, 3.8) is 0 Å². The van der Waals surface area contributed by atoms with Crippen LogP contribution in [0.1, 0.15) is 18.9 Å². The van der Waals surface area contributed by atoms with Gasteiger partial charge in [-0.15, -0.1) is 0 Å². The third-order valence-electron chi connectivity index (χ3n) is 2.87. The van der Waals surface area contributed by atoms with E-state index < -0.39 is 21.8 Å². The Kier molecular flexibility index (Phi) is 5.90. The summed E-state index contributed by atoms with van der Waals surface area (Å²) in [6.45, 7) is 3.13. The molecular formula is C14H20N2O4S. The number of carbonyl (C=O) groups is 2. The zero-order valence-corrected chi connectivity index (χ0v) is 13.2. The summed E-state index contributed by atoms with van der Waals surface area (Å²) in [7, 11) is -3.20. The first kappa shape index (κ1) is 17.2. The molecule has 0 fully saturated rings. The van der Waals surface area contributed by atoms with Gasteiger partial charge in [0.05, 0.1) is 5.75 Å². The summed E-state index contributed by atoms with van der Waals surface area (Å²) in [6.07, 6.45) is 1.13. The van der Waals surface area contributed by atoms with Crippen LogP contribution in [0.3, 0.4) is 0 Å². The molecule has 1 rings (SSSR count). The molecule has 21 heavy (non-hydrogen) atoms. The number of hydrogen-bond donors (Lipinski definition) is 2. The van der Waals surface area contributed by atoms with Crippen LogP contribution in [0.25, 0.3) is 0 Å². The van der Waals surface area contributed by atoms with E-state index in [4.69, 9.17) is 0 Å². The number of benzene rings is 1. The van der Waals surface area contributed by atoms with Crippen molar-refractivity contribution in [2.75, 3.05) is 17.3 Å². The zero-order valence-electron chi connectivity index (χ0n) is 12.3. The molecule has 1 aromatic carbocycles. The van der Waals surface area contributed by atoms with Crippen LogP contribution in [0.15, 0.2) is 24.3 Å². The lowest BCUT2D eigenvalue weighted by atomic mass is 10.1. The number of hydrogen-bond acceptors (Lipinski definition) is 4. The lowest BCUT2D eigenvalue weighted by Gasteiger charge is -2.18. The van der Waals surface area contributed by atoms with Gasteiger partial charge in [-0.05, 0) is 25.0 Å². The van der Waals surface area contributed by atoms with E-state index in [9.17, 15) is 18.0 Å². The molecule has 0 radical (unpaired) electrons. The standard InChI is InChI=1S/C14H20N2O4S/c1-10-6-4-5-7-12(10)16-14(18)13(15-11(2)17)8-9-21(3,19)20/h4-7,13H,8-9H2,1-3H3,(H,15,17)(H,16,18)/t13-/m0/s1. The van der Waals surface area contributed by atoms with Crippen molar-refractivity contribution in [1.29, 1.82) is 0 Å². The first-order valence-electron chi connectivity index (χ1n) is 6.50. The Morgan fingerprint density at radius 3 is 2.38 bits per heavy atom. The molecule has 0 saturated heterocycles. The Labute approximate surface area is 124 Å². The topological polar surface area (TPSA) is 92.3 Å². The number of sulfone groups is 1. The minimum absolute atomic E-state index is 0.0378. The van der Waals surface area contributed by atoms with Gasteiger partial charge in [-0.2, -0.15) is 0 Å². The summed E-state index contributed by atoms with van der Waals surface area (Å²) in [4.78, 5) is 23.4. The second-order valence-electron chi connectivity index (χ2n) is 4.98. The molecular weight excluding hydrogens is 292 g/mol. The smallest absolute Gasteiger partial charge is 0.246 e. The van der Waals surface area contributed by atoms with Crippen LogP contribution in [0.2, 0.25) is 0 Å². The third-order valence-corrected chi connectivity index (χ3v) is 3.85. The van der Waals surface area contributed by atoms with Crippen molar-refractivity contribution in [2.45, 2.75) is 26.3 Å². The van der Waals surface area contributed by atoms with Crippen LogP contribution in [0.4, 0.5) is 5.69 Å². The van der Waals surface area contributed by atoms with Gasteiger partial charge < -0.3 is 10.6 Å². The van der Waals surface area contributed by atoms with Crippen molar-refractivity contribution in [3.8, 4) is 0 Å². The molecule has 0 heterocycles. The maximum Gasteiger partial charge on any atom is 0.246 e. The predicted octanol–water partition coefficient (Wildman–Crippen LogP) is 0.873. The van der Waals surface area contributed by atoms with Crippen molar-refractivity contribution in [1.82, 2.24) is 5.32 Å². The molecule has 2 amide bonds. The maximum absolute atomic E-state index is 12.2. The van der Waals surface area contributed by atoms with E-state index in [0.29, 0.717) is 5.69 Å². The monoisotopic (exact) mass is 312 g/mol. The van der Waals surface area contributed by atoms with Gasteiger partial charge in [0.2, 0.25) is 11.8 Å². The van der Waals surface area contributed by atoms with Gasteiger partial charge in [-0.25, -0.2) is 8.42 Å². The molecule has 1 aromatic rings. The number of aryl methyl sites for hydroxylation is 1. The quantitative estimate of drug-likeness (QED) is 0.815. The van der Waals surface area contributed by atoms with E-state index in [1.807, 2.05) is 19.1 Å². The van der Waals surface area contributed by atoms with E-state index in [1.165, 1.54) is 6.92 Å². The van der Waals surface area contributed by atoms with Crippen molar-refractivity contribution >= 4 is 27.3 Å². The summed E-state index contributed by atoms with van der Waals surface area (Å²) in [6, 6.07) is 6.34. The minimum Gasteiger partial charge on any atom is -0.345 e. The Bertz CT molecular complexity index is 626. The van der Waals surface area contributed by atoms with Gasteiger partial charge in [0.1, 0.15) is 15.9 Å². The van der Waals surface area contributed by atoms with Crippen LogP contribution in [0.5, 0.6) is 0 Å². The number of anilines is 1. The van der Waals surface area contributed by atoms with E-state index >= 15 is 0 Å². The zero-order chi connectivity index (χ0) is 16.0. The minimum atomic E-state index is -3.20. The largest absolute Gasteiger partial charge is 0.345 e. The van der Waals surface area contributed by atoms with Crippen LogP contribution in [-0.2, 0) is 19.4 Å². The average Bonchev–Trinajstić information content (AvgIpc) is 2.35. The van der Waals surface area contributed by atoms with E-state index in [-0.39, 0.29) is 18.1 Å². The number of rotatable bonds is 6. The SMILES string of the molecule is CC(=O)N[C@@H](CCS(C)(=O)=O)C(=O)Nc1ccccc1C. The van der Waals surface area contributed by atoms with E-state index in [2.05, 4.69) is 10.6 Å². The number of amides is 2. The van der Waals surface area contributed by atoms with E-state index in [0.717, 1.165) is 11.8 Å². The summed E-state index contributed by atoms with van der Waals surface area (Å²) in [5, 5.41) is 5.18. The molecule has 0 bridgehead atoms. The molecule has 7 heteroatoms.